The minimum absolute atomic E-state index is 0.0691. The second-order valence-electron chi connectivity index (χ2n) is 5.94. The first-order valence-electron chi connectivity index (χ1n) is 9.33. The molecule has 2 rings (SSSR count). The number of aromatic nitrogens is 3. The molecule has 0 aliphatic rings. The summed E-state index contributed by atoms with van der Waals surface area (Å²) in [5.74, 6) is -0.885. The Morgan fingerprint density at radius 3 is 2.58 bits per heavy atom. The molecule has 1 amide bonds. The molecule has 14 heteroatoms. The molecule has 0 fully saturated rings. The molecule has 11 nitrogen and oxygen atoms in total. The fourth-order valence-corrected chi connectivity index (χ4v) is 5.50. The van der Waals surface area contributed by atoms with Gasteiger partial charge in [-0.05, 0) is 13.0 Å². The highest BCUT2D eigenvalue weighted by Gasteiger charge is 2.22. The van der Waals surface area contributed by atoms with Crippen molar-refractivity contribution in [2.24, 2.45) is 0 Å². The van der Waals surface area contributed by atoms with Gasteiger partial charge in [0.2, 0.25) is 21.1 Å². The third-order valence-corrected chi connectivity index (χ3v) is 7.86. The number of amides is 1. The topological polar surface area (TPSA) is 141 Å². The van der Waals surface area contributed by atoms with Gasteiger partial charge in [0, 0.05) is 25.4 Å². The first-order chi connectivity index (χ1) is 14.7. The Hall–Kier alpha value is -2.29. The number of hydrogen-bond acceptors (Lipinski definition) is 10. The number of nitrogens with one attached hydrogen (secondary N) is 1. The van der Waals surface area contributed by atoms with Crippen LogP contribution < -0.4 is 10.9 Å². The number of anilines is 1. The van der Waals surface area contributed by atoms with Crippen LogP contribution in [0, 0.1) is 0 Å². The number of thioether (sulfide) groups is 1. The predicted molar refractivity (Wildman–Crippen MR) is 117 cm³/mol. The summed E-state index contributed by atoms with van der Waals surface area (Å²) in [4.78, 5) is 35.7. The summed E-state index contributed by atoms with van der Waals surface area (Å²) in [5.41, 5.74) is -0.517. The van der Waals surface area contributed by atoms with Gasteiger partial charge in [-0.15, -0.1) is 10.2 Å². The van der Waals surface area contributed by atoms with E-state index in [0.717, 1.165) is 39.9 Å². The van der Waals surface area contributed by atoms with Gasteiger partial charge in [-0.3, -0.25) is 19.7 Å². The zero-order chi connectivity index (χ0) is 23.0. The molecule has 0 aliphatic heterocycles. The van der Waals surface area contributed by atoms with Gasteiger partial charge in [0.05, 0.1) is 17.3 Å². The second kappa shape index (κ2) is 11.4. The maximum Gasteiger partial charge on any atom is 0.316 e. The molecule has 0 saturated carbocycles. The molecule has 0 atom stereocenters. The number of esters is 1. The Balaban J connectivity index is 2.06. The molecule has 0 bridgehead atoms. The van der Waals surface area contributed by atoms with Crippen molar-refractivity contribution < 1.29 is 22.7 Å². The normalized spacial score (nSPS) is 11.5. The lowest BCUT2D eigenvalue weighted by molar-refractivity contribution is -0.139. The van der Waals surface area contributed by atoms with Gasteiger partial charge in [-0.2, -0.15) is 4.31 Å². The molecule has 2 heterocycles. The standard InChI is InChI=1S/C17H23N5O6S3/c1-4-22(5-2)31(26,27)12-7-8-14(24)21(9-12)10-13(23)18-16-19-20-17(30-16)29-11-15(25)28-6-3/h7-9H,4-6,10-11H2,1-3H3,(H,18,19,23). The van der Waals surface area contributed by atoms with Gasteiger partial charge in [0.25, 0.3) is 5.56 Å². The van der Waals surface area contributed by atoms with Crippen LogP contribution in [0.15, 0.2) is 32.4 Å². The van der Waals surface area contributed by atoms with Gasteiger partial charge in [0.1, 0.15) is 6.54 Å². The van der Waals surface area contributed by atoms with Crippen LogP contribution >= 0.6 is 23.1 Å². The van der Waals surface area contributed by atoms with Crippen molar-refractivity contribution in [1.29, 1.82) is 0 Å². The lowest BCUT2D eigenvalue weighted by atomic mass is 10.4. The lowest BCUT2D eigenvalue weighted by Crippen LogP contribution is -2.33. The molecule has 0 radical (unpaired) electrons. The quantitative estimate of drug-likeness (QED) is 0.278. The van der Waals surface area contributed by atoms with Crippen LogP contribution in [0.3, 0.4) is 0 Å². The maximum absolute atomic E-state index is 12.6. The molecule has 0 unspecified atom stereocenters. The highest BCUT2D eigenvalue weighted by molar-refractivity contribution is 8.01. The molecular weight excluding hydrogens is 466 g/mol. The number of carbonyl (C=O) groups excluding carboxylic acids is 2. The monoisotopic (exact) mass is 489 g/mol. The first kappa shape index (κ1) is 25.0. The Morgan fingerprint density at radius 1 is 1.23 bits per heavy atom. The van der Waals surface area contributed by atoms with Crippen LogP contribution in [0.25, 0.3) is 0 Å². The summed E-state index contributed by atoms with van der Waals surface area (Å²) in [5, 5.41) is 10.4. The number of ether oxygens (including phenoxy) is 1. The zero-order valence-corrected chi connectivity index (χ0v) is 19.7. The molecule has 170 valence electrons. The Bertz CT molecular complexity index is 1080. The molecule has 1 N–H and O–H groups in total. The number of carbonyl (C=O) groups is 2. The van der Waals surface area contributed by atoms with Crippen molar-refractivity contribution in [2.75, 3.05) is 30.8 Å². The van der Waals surface area contributed by atoms with E-state index in [0.29, 0.717) is 4.34 Å². The molecule has 0 aliphatic carbocycles. The van der Waals surface area contributed by atoms with Gasteiger partial charge >= 0.3 is 5.97 Å². The number of hydrogen-bond donors (Lipinski definition) is 1. The van der Waals surface area contributed by atoms with Crippen molar-refractivity contribution in [3.8, 4) is 0 Å². The van der Waals surface area contributed by atoms with E-state index in [1.165, 1.54) is 10.4 Å². The molecule has 0 spiro atoms. The van der Waals surface area contributed by atoms with Crippen LogP contribution in [-0.4, -0.2) is 64.8 Å². The highest BCUT2D eigenvalue weighted by atomic mass is 32.2. The Labute approximate surface area is 187 Å². The largest absolute Gasteiger partial charge is 0.465 e. The third-order valence-electron chi connectivity index (χ3n) is 3.89. The van der Waals surface area contributed by atoms with E-state index in [9.17, 15) is 22.8 Å². The number of pyridine rings is 1. The third kappa shape index (κ3) is 6.85. The van der Waals surface area contributed by atoms with E-state index in [2.05, 4.69) is 15.5 Å². The van der Waals surface area contributed by atoms with Crippen molar-refractivity contribution in [3.05, 3.63) is 28.7 Å². The molecule has 2 aromatic rings. The van der Waals surface area contributed by atoms with E-state index in [-0.39, 0.29) is 41.4 Å². The average Bonchev–Trinajstić information content (AvgIpc) is 3.16. The fraction of sp³-hybridized carbons (Fsp3) is 0.471. The lowest BCUT2D eigenvalue weighted by Gasteiger charge is -2.18. The summed E-state index contributed by atoms with van der Waals surface area (Å²) in [7, 11) is -3.77. The number of sulfonamides is 1. The number of nitrogens with zero attached hydrogens (tertiary/aromatic N) is 4. The van der Waals surface area contributed by atoms with Crippen molar-refractivity contribution >= 4 is 50.1 Å². The molecule has 0 aromatic carbocycles. The average molecular weight is 490 g/mol. The summed E-state index contributed by atoms with van der Waals surface area (Å²) < 4.78 is 32.9. The summed E-state index contributed by atoms with van der Waals surface area (Å²) in [6.07, 6.45) is 1.15. The Kier molecular flexibility index (Phi) is 9.15. The SMILES string of the molecule is CCOC(=O)CSc1nnc(NC(=O)Cn2cc(S(=O)(=O)N(CC)CC)ccc2=O)s1. The van der Waals surface area contributed by atoms with Gasteiger partial charge < -0.3 is 9.30 Å². The van der Waals surface area contributed by atoms with Gasteiger partial charge in [-0.25, -0.2) is 8.42 Å². The minimum atomic E-state index is -3.77. The van der Waals surface area contributed by atoms with Gasteiger partial charge in [0.15, 0.2) is 4.34 Å². The summed E-state index contributed by atoms with van der Waals surface area (Å²) >= 11 is 2.19. The van der Waals surface area contributed by atoms with E-state index in [1.807, 2.05) is 0 Å². The van der Waals surface area contributed by atoms with Crippen LogP contribution in [0.2, 0.25) is 0 Å². The van der Waals surface area contributed by atoms with Gasteiger partial charge in [-0.1, -0.05) is 36.9 Å². The zero-order valence-electron chi connectivity index (χ0n) is 17.2. The van der Waals surface area contributed by atoms with Crippen LogP contribution in [-0.2, 0) is 30.9 Å². The van der Waals surface area contributed by atoms with Crippen LogP contribution in [0.5, 0.6) is 0 Å². The number of rotatable bonds is 11. The smallest absolute Gasteiger partial charge is 0.316 e. The molecule has 31 heavy (non-hydrogen) atoms. The Morgan fingerprint density at radius 2 is 1.94 bits per heavy atom. The van der Waals surface area contributed by atoms with Crippen LogP contribution in [0.4, 0.5) is 5.13 Å². The molecule has 2 aromatic heterocycles. The summed E-state index contributed by atoms with van der Waals surface area (Å²) in [6, 6.07) is 2.33. The second-order valence-corrected chi connectivity index (χ2v) is 10.1. The van der Waals surface area contributed by atoms with Crippen molar-refractivity contribution in [3.63, 3.8) is 0 Å². The summed E-state index contributed by atoms with van der Waals surface area (Å²) in [6.45, 7) is 5.59. The van der Waals surface area contributed by atoms with Crippen LogP contribution in [0.1, 0.15) is 20.8 Å². The maximum atomic E-state index is 12.6. The minimum Gasteiger partial charge on any atom is -0.465 e. The predicted octanol–water partition coefficient (Wildman–Crippen LogP) is 1.02. The first-order valence-corrected chi connectivity index (χ1v) is 12.6. The van der Waals surface area contributed by atoms with E-state index in [4.69, 9.17) is 4.74 Å². The van der Waals surface area contributed by atoms with E-state index in [1.54, 1.807) is 20.8 Å². The molecular formula is C17H23N5O6S3. The van der Waals surface area contributed by atoms with Crippen molar-refractivity contribution in [2.45, 2.75) is 36.6 Å². The molecule has 0 saturated heterocycles. The van der Waals surface area contributed by atoms with E-state index >= 15 is 0 Å². The highest BCUT2D eigenvalue weighted by Crippen LogP contribution is 2.25. The van der Waals surface area contributed by atoms with E-state index < -0.39 is 28.0 Å². The fourth-order valence-electron chi connectivity index (χ4n) is 2.45. The van der Waals surface area contributed by atoms with Crippen molar-refractivity contribution in [1.82, 2.24) is 19.1 Å².